The number of hydrogen-bond donors (Lipinski definition) is 1. The van der Waals surface area contributed by atoms with Crippen LogP contribution in [0.3, 0.4) is 0 Å². The van der Waals surface area contributed by atoms with E-state index in [1.165, 1.54) is 6.07 Å². The minimum Gasteiger partial charge on any atom is -0.372 e. The summed E-state index contributed by atoms with van der Waals surface area (Å²) >= 11 is 1.14. The number of nitrogens with zero attached hydrogens (tertiary/aromatic N) is 2. The topological polar surface area (TPSA) is 58.8 Å². The van der Waals surface area contributed by atoms with E-state index in [4.69, 9.17) is 10.5 Å². The first-order valence-corrected chi connectivity index (χ1v) is 12.1. The Morgan fingerprint density at radius 2 is 2.09 bits per heavy atom. The summed E-state index contributed by atoms with van der Waals surface area (Å²) in [7, 11) is 0. The Morgan fingerprint density at radius 1 is 1.24 bits per heavy atom. The number of benzene rings is 2. The number of piperazine rings is 1. The number of carbonyl (C=O) groups is 1. The highest BCUT2D eigenvalue weighted by Crippen LogP contribution is 2.39. The number of nitrogens with two attached hydrogens (primary N) is 1. The third kappa shape index (κ3) is 4.23. The number of thiophene rings is 1. The number of fused-ring (bicyclic) bond motifs is 2. The highest BCUT2D eigenvalue weighted by atomic mass is 32.1. The molecule has 1 aromatic heterocycles. The molecule has 2 aromatic carbocycles. The molecule has 0 aliphatic carbocycles. The SMILES string of the molecule is CC1CN(c2cccc3cc(F)ccc23)CCN1CCC1OCCc2c1sc(C(N)=O)c2F. The molecule has 3 aromatic rings. The van der Waals surface area contributed by atoms with Gasteiger partial charge in [-0.1, -0.05) is 12.1 Å². The number of primary amides is 1. The second-order valence-electron chi connectivity index (χ2n) is 8.82. The zero-order valence-corrected chi connectivity index (χ0v) is 19.3. The molecule has 2 unspecified atom stereocenters. The number of rotatable bonds is 5. The maximum absolute atomic E-state index is 14.6. The smallest absolute Gasteiger partial charge is 0.261 e. The van der Waals surface area contributed by atoms with E-state index in [0.29, 0.717) is 24.6 Å². The van der Waals surface area contributed by atoms with Gasteiger partial charge in [-0.3, -0.25) is 9.69 Å². The predicted octanol–water partition coefficient (Wildman–Crippen LogP) is 4.49. The lowest BCUT2D eigenvalue weighted by atomic mass is 10.0. The third-order valence-electron chi connectivity index (χ3n) is 6.76. The van der Waals surface area contributed by atoms with Crippen molar-refractivity contribution in [2.45, 2.75) is 31.9 Å². The largest absolute Gasteiger partial charge is 0.372 e. The summed E-state index contributed by atoms with van der Waals surface area (Å²) in [6.45, 7) is 6.12. The van der Waals surface area contributed by atoms with Crippen molar-refractivity contribution in [2.24, 2.45) is 5.73 Å². The minimum atomic E-state index is -0.716. The summed E-state index contributed by atoms with van der Waals surface area (Å²) in [5, 5.41) is 1.97. The Hall–Kier alpha value is -2.55. The van der Waals surface area contributed by atoms with Crippen LogP contribution in [-0.2, 0) is 11.2 Å². The second kappa shape index (κ2) is 9.00. The fraction of sp³-hybridized carbons (Fsp3) is 0.400. The summed E-state index contributed by atoms with van der Waals surface area (Å²) in [5.74, 6) is -1.40. The van der Waals surface area contributed by atoms with Gasteiger partial charge in [-0.2, -0.15) is 0 Å². The number of halogens is 2. The summed E-state index contributed by atoms with van der Waals surface area (Å²) in [4.78, 5) is 17.2. The van der Waals surface area contributed by atoms with E-state index >= 15 is 0 Å². The zero-order valence-electron chi connectivity index (χ0n) is 18.5. The van der Waals surface area contributed by atoms with Gasteiger partial charge in [0.05, 0.1) is 12.7 Å². The molecule has 8 heteroatoms. The molecule has 2 aliphatic rings. The molecule has 33 heavy (non-hydrogen) atoms. The Kier molecular flexibility index (Phi) is 6.07. The fourth-order valence-electron chi connectivity index (χ4n) is 5.05. The molecule has 0 saturated carbocycles. The average molecular weight is 472 g/mol. The number of amides is 1. The van der Waals surface area contributed by atoms with Gasteiger partial charge in [-0.25, -0.2) is 8.78 Å². The van der Waals surface area contributed by atoms with Gasteiger partial charge in [0.2, 0.25) is 0 Å². The molecule has 2 N–H and O–H groups in total. The minimum absolute atomic E-state index is 0.00690. The van der Waals surface area contributed by atoms with E-state index in [2.05, 4.69) is 22.8 Å². The first-order chi connectivity index (χ1) is 15.9. The van der Waals surface area contributed by atoms with Crippen molar-refractivity contribution in [1.29, 1.82) is 0 Å². The van der Waals surface area contributed by atoms with Crippen LogP contribution in [0.1, 0.15) is 39.6 Å². The fourth-order valence-corrected chi connectivity index (χ4v) is 6.21. The van der Waals surface area contributed by atoms with Gasteiger partial charge < -0.3 is 15.4 Å². The van der Waals surface area contributed by atoms with Crippen LogP contribution in [0.2, 0.25) is 0 Å². The van der Waals surface area contributed by atoms with Crippen molar-refractivity contribution in [2.75, 3.05) is 37.7 Å². The van der Waals surface area contributed by atoms with Crippen LogP contribution in [0.25, 0.3) is 10.8 Å². The van der Waals surface area contributed by atoms with E-state index < -0.39 is 11.7 Å². The summed E-state index contributed by atoms with van der Waals surface area (Å²) < 4.78 is 34.1. The second-order valence-corrected chi connectivity index (χ2v) is 9.88. The van der Waals surface area contributed by atoms with Crippen LogP contribution < -0.4 is 10.6 Å². The van der Waals surface area contributed by atoms with Crippen molar-refractivity contribution >= 4 is 33.7 Å². The number of anilines is 1. The van der Waals surface area contributed by atoms with E-state index in [1.54, 1.807) is 6.07 Å². The van der Waals surface area contributed by atoms with Crippen LogP contribution >= 0.6 is 11.3 Å². The van der Waals surface area contributed by atoms with E-state index in [0.717, 1.165) is 65.3 Å². The lowest BCUT2D eigenvalue weighted by Crippen LogP contribution is -2.52. The Labute approximate surface area is 195 Å². The monoisotopic (exact) mass is 471 g/mol. The molecular formula is C25H27F2N3O2S. The molecule has 1 fully saturated rings. The third-order valence-corrected chi connectivity index (χ3v) is 8.08. The van der Waals surface area contributed by atoms with Crippen LogP contribution in [0, 0.1) is 11.6 Å². The summed E-state index contributed by atoms with van der Waals surface area (Å²) in [6, 6.07) is 11.3. The van der Waals surface area contributed by atoms with Crippen LogP contribution in [-0.4, -0.2) is 49.6 Å². The molecule has 2 atom stereocenters. The van der Waals surface area contributed by atoms with Gasteiger partial charge >= 0.3 is 0 Å². The molecule has 1 amide bonds. The first-order valence-electron chi connectivity index (χ1n) is 11.3. The van der Waals surface area contributed by atoms with Gasteiger partial charge in [0, 0.05) is 53.7 Å². The van der Waals surface area contributed by atoms with Crippen LogP contribution in [0.4, 0.5) is 14.5 Å². The molecule has 2 aliphatic heterocycles. The Balaban J connectivity index is 1.26. The molecule has 5 nitrogen and oxygen atoms in total. The van der Waals surface area contributed by atoms with Crippen molar-refractivity contribution in [3.63, 3.8) is 0 Å². The van der Waals surface area contributed by atoms with E-state index in [1.807, 2.05) is 18.2 Å². The normalized spacial score (nSPS) is 21.4. The van der Waals surface area contributed by atoms with Crippen molar-refractivity contribution in [1.82, 2.24) is 4.90 Å². The molecule has 0 bridgehead atoms. The Bertz CT molecular complexity index is 1200. The number of hydrogen-bond acceptors (Lipinski definition) is 5. The summed E-state index contributed by atoms with van der Waals surface area (Å²) in [6.07, 6.45) is 1.01. The molecule has 5 rings (SSSR count). The van der Waals surface area contributed by atoms with E-state index in [-0.39, 0.29) is 16.8 Å². The number of ether oxygens (including phenoxy) is 1. The lowest BCUT2D eigenvalue weighted by molar-refractivity contribution is 0.0275. The van der Waals surface area contributed by atoms with Gasteiger partial charge in [0.15, 0.2) is 0 Å². The lowest BCUT2D eigenvalue weighted by Gasteiger charge is -2.42. The molecular weight excluding hydrogens is 444 g/mol. The number of carbonyl (C=O) groups excluding carboxylic acids is 1. The highest BCUT2D eigenvalue weighted by Gasteiger charge is 2.31. The van der Waals surface area contributed by atoms with Crippen molar-refractivity contribution in [3.05, 3.63) is 63.4 Å². The van der Waals surface area contributed by atoms with Gasteiger partial charge in [-0.15, -0.1) is 11.3 Å². The van der Waals surface area contributed by atoms with Crippen molar-refractivity contribution in [3.8, 4) is 0 Å². The van der Waals surface area contributed by atoms with Crippen molar-refractivity contribution < 1.29 is 18.3 Å². The standard InChI is InChI=1S/C25H27F2N3O2S/c1-15-14-30(20-4-2-3-16-13-17(26)5-6-18(16)20)11-10-29(15)9-7-21-23-19(8-12-32-21)22(27)24(33-23)25(28)31/h2-6,13,15,21H,7-12,14H2,1H3,(H2,28,31). The summed E-state index contributed by atoms with van der Waals surface area (Å²) in [5.41, 5.74) is 7.07. The molecule has 1 saturated heterocycles. The predicted molar refractivity (Wildman–Crippen MR) is 127 cm³/mol. The van der Waals surface area contributed by atoms with Crippen LogP contribution in [0.5, 0.6) is 0 Å². The molecule has 0 spiro atoms. The first kappa shape index (κ1) is 22.3. The maximum Gasteiger partial charge on any atom is 0.261 e. The van der Waals surface area contributed by atoms with Gasteiger partial charge in [0.1, 0.15) is 16.5 Å². The van der Waals surface area contributed by atoms with Gasteiger partial charge in [-0.05, 0) is 49.4 Å². The quantitative estimate of drug-likeness (QED) is 0.596. The molecule has 174 valence electrons. The molecule has 0 radical (unpaired) electrons. The van der Waals surface area contributed by atoms with Gasteiger partial charge in [0.25, 0.3) is 5.91 Å². The van der Waals surface area contributed by atoms with E-state index in [9.17, 15) is 13.6 Å². The zero-order chi connectivity index (χ0) is 23.1. The van der Waals surface area contributed by atoms with Crippen LogP contribution in [0.15, 0.2) is 36.4 Å². The average Bonchev–Trinajstić information content (AvgIpc) is 3.15. The Morgan fingerprint density at radius 3 is 2.88 bits per heavy atom. The molecule has 3 heterocycles. The maximum atomic E-state index is 14.6. The highest BCUT2D eigenvalue weighted by molar-refractivity contribution is 7.14.